The number of pyridine rings is 1. The molecule has 168 valence electrons. The third-order valence-electron chi connectivity index (χ3n) is 5.83. The lowest BCUT2D eigenvalue weighted by molar-refractivity contribution is 0.187. The van der Waals surface area contributed by atoms with Crippen molar-refractivity contribution in [3.63, 3.8) is 0 Å². The van der Waals surface area contributed by atoms with Gasteiger partial charge in [-0.2, -0.15) is 0 Å². The Morgan fingerprint density at radius 3 is 2.45 bits per heavy atom. The van der Waals surface area contributed by atoms with E-state index in [1.54, 1.807) is 36.7 Å². The van der Waals surface area contributed by atoms with Gasteiger partial charge in [0.05, 0.1) is 22.8 Å². The normalized spacial score (nSPS) is 14.3. The average molecular weight is 463 g/mol. The Morgan fingerprint density at radius 1 is 1.09 bits per heavy atom. The number of aromatic nitrogens is 2. The van der Waals surface area contributed by atoms with Crippen LogP contribution in [0.2, 0.25) is 0 Å². The quantitative estimate of drug-likeness (QED) is 0.469. The molecule has 0 aliphatic carbocycles. The van der Waals surface area contributed by atoms with Gasteiger partial charge in [0.2, 0.25) is 0 Å². The summed E-state index contributed by atoms with van der Waals surface area (Å²) in [5, 5.41) is 12.1. The maximum atomic E-state index is 13.5. The third-order valence-corrected chi connectivity index (χ3v) is 7.50. The van der Waals surface area contributed by atoms with Gasteiger partial charge in [-0.1, -0.05) is 48.0 Å². The Labute approximate surface area is 191 Å². The summed E-state index contributed by atoms with van der Waals surface area (Å²) >= 11 is 0. The fourth-order valence-corrected chi connectivity index (χ4v) is 5.38. The fraction of sp³-hybridized carbons (Fsp3) is 0.167. The number of hydrogen-bond donors (Lipinski definition) is 2. The molecule has 4 aromatic rings. The summed E-state index contributed by atoms with van der Waals surface area (Å²) in [5.74, 6) is 0. The second kappa shape index (κ2) is 7.93. The molecular weight excluding hydrogens is 440 g/mol. The standard InChI is InChI=1S/C24H22N4O4S/c1-16-7-9-20(10-8-16)33(31,32)28-15-22(17-5-3-2-4-6-17)21-11-19(12-25-23(21)28)27-13-18(14-27)26-24(29)30/h2-12,15,18,26H,13-14H2,1H3,(H,29,30). The minimum atomic E-state index is -3.85. The van der Waals surface area contributed by atoms with Crippen molar-refractivity contribution in [1.29, 1.82) is 0 Å². The van der Waals surface area contributed by atoms with Gasteiger partial charge >= 0.3 is 6.09 Å². The van der Waals surface area contributed by atoms with Gasteiger partial charge in [-0.15, -0.1) is 0 Å². The molecule has 0 unspecified atom stereocenters. The number of benzene rings is 2. The Kier molecular flexibility index (Phi) is 5.05. The van der Waals surface area contributed by atoms with Crippen molar-refractivity contribution < 1.29 is 18.3 Å². The lowest BCUT2D eigenvalue weighted by Crippen LogP contribution is -2.59. The van der Waals surface area contributed by atoms with Crippen molar-refractivity contribution in [3.05, 3.63) is 78.6 Å². The van der Waals surface area contributed by atoms with Crippen molar-refractivity contribution in [2.24, 2.45) is 0 Å². The van der Waals surface area contributed by atoms with E-state index in [1.807, 2.05) is 48.2 Å². The predicted molar refractivity (Wildman–Crippen MR) is 126 cm³/mol. The van der Waals surface area contributed by atoms with E-state index >= 15 is 0 Å². The zero-order valence-corrected chi connectivity index (χ0v) is 18.7. The third kappa shape index (κ3) is 3.80. The first kappa shape index (κ1) is 21.0. The zero-order chi connectivity index (χ0) is 23.2. The fourth-order valence-electron chi connectivity index (χ4n) is 4.05. The van der Waals surface area contributed by atoms with Crippen LogP contribution in [0.4, 0.5) is 10.5 Å². The highest BCUT2D eigenvalue weighted by Crippen LogP contribution is 2.35. The lowest BCUT2D eigenvalue weighted by Gasteiger charge is -2.40. The van der Waals surface area contributed by atoms with Gasteiger partial charge in [-0.25, -0.2) is 22.2 Å². The van der Waals surface area contributed by atoms with Crippen LogP contribution in [-0.2, 0) is 10.0 Å². The maximum absolute atomic E-state index is 13.5. The van der Waals surface area contributed by atoms with E-state index in [9.17, 15) is 13.2 Å². The van der Waals surface area contributed by atoms with Gasteiger partial charge < -0.3 is 15.3 Å². The predicted octanol–water partition coefficient (Wildman–Crippen LogP) is 3.70. The molecule has 8 nitrogen and oxygen atoms in total. The second-order valence-electron chi connectivity index (χ2n) is 8.14. The lowest BCUT2D eigenvalue weighted by atomic mass is 10.0. The maximum Gasteiger partial charge on any atom is 0.405 e. The molecule has 1 aliphatic heterocycles. The van der Waals surface area contributed by atoms with Crippen LogP contribution in [0.1, 0.15) is 5.56 Å². The van der Waals surface area contributed by atoms with Gasteiger partial charge in [0, 0.05) is 30.2 Å². The minimum Gasteiger partial charge on any atom is -0.465 e. The molecule has 3 heterocycles. The molecular formula is C24H22N4O4S. The highest BCUT2D eigenvalue weighted by atomic mass is 32.2. The summed E-state index contributed by atoms with van der Waals surface area (Å²) in [6, 6.07) is 18.1. The second-order valence-corrected chi connectivity index (χ2v) is 9.95. The molecule has 0 radical (unpaired) electrons. The number of rotatable bonds is 5. The van der Waals surface area contributed by atoms with Crippen LogP contribution in [0.25, 0.3) is 22.2 Å². The van der Waals surface area contributed by atoms with E-state index in [0.717, 1.165) is 22.4 Å². The van der Waals surface area contributed by atoms with Gasteiger partial charge in [-0.3, -0.25) is 0 Å². The first-order valence-electron chi connectivity index (χ1n) is 10.5. The Hall–Kier alpha value is -3.85. The molecule has 1 aliphatic rings. The zero-order valence-electron chi connectivity index (χ0n) is 17.8. The van der Waals surface area contributed by atoms with Crippen LogP contribution in [0.3, 0.4) is 0 Å². The van der Waals surface area contributed by atoms with E-state index in [1.165, 1.54) is 3.97 Å². The molecule has 0 spiro atoms. The number of amides is 1. The van der Waals surface area contributed by atoms with E-state index in [4.69, 9.17) is 5.11 Å². The van der Waals surface area contributed by atoms with Crippen molar-refractivity contribution in [3.8, 4) is 11.1 Å². The summed E-state index contributed by atoms with van der Waals surface area (Å²) < 4.78 is 28.2. The number of fused-ring (bicyclic) bond motifs is 1. The number of hydrogen-bond acceptors (Lipinski definition) is 5. The summed E-state index contributed by atoms with van der Waals surface area (Å²) in [7, 11) is -3.85. The van der Waals surface area contributed by atoms with Gasteiger partial charge in [0.25, 0.3) is 10.0 Å². The van der Waals surface area contributed by atoms with Crippen molar-refractivity contribution in [2.75, 3.05) is 18.0 Å². The number of anilines is 1. The number of carboxylic acid groups (broad SMARTS) is 1. The molecule has 1 amide bonds. The number of carbonyl (C=O) groups is 1. The van der Waals surface area contributed by atoms with E-state index < -0.39 is 16.1 Å². The SMILES string of the molecule is Cc1ccc(S(=O)(=O)n2cc(-c3ccccc3)c3cc(N4CC(NC(=O)O)C4)cnc32)cc1. The van der Waals surface area contributed by atoms with Gasteiger partial charge in [-0.05, 0) is 30.7 Å². The molecule has 5 rings (SSSR count). The molecule has 33 heavy (non-hydrogen) atoms. The number of nitrogens with one attached hydrogen (secondary N) is 1. The van der Waals surface area contributed by atoms with Crippen molar-refractivity contribution >= 4 is 32.8 Å². The van der Waals surface area contributed by atoms with Crippen LogP contribution in [0.15, 0.2) is 78.0 Å². The summed E-state index contributed by atoms with van der Waals surface area (Å²) in [6.45, 7) is 2.97. The molecule has 0 atom stereocenters. The van der Waals surface area contributed by atoms with Crippen molar-refractivity contribution in [1.82, 2.24) is 14.3 Å². The molecule has 2 aromatic heterocycles. The van der Waals surface area contributed by atoms with Gasteiger partial charge in [0.15, 0.2) is 5.65 Å². The highest BCUT2D eigenvalue weighted by molar-refractivity contribution is 7.90. The van der Waals surface area contributed by atoms with Gasteiger partial charge in [0.1, 0.15) is 0 Å². The Balaban J connectivity index is 1.61. The summed E-state index contributed by atoms with van der Waals surface area (Å²) in [5.41, 5.74) is 3.78. The molecule has 1 saturated heterocycles. The summed E-state index contributed by atoms with van der Waals surface area (Å²) in [4.78, 5) is 17.6. The molecule has 9 heteroatoms. The number of aryl methyl sites for hydroxylation is 1. The largest absolute Gasteiger partial charge is 0.465 e. The Morgan fingerprint density at radius 2 is 1.79 bits per heavy atom. The van der Waals surface area contributed by atoms with Crippen LogP contribution < -0.4 is 10.2 Å². The molecule has 0 saturated carbocycles. The number of nitrogens with zero attached hydrogens (tertiary/aromatic N) is 3. The van der Waals surface area contributed by atoms with Crippen LogP contribution in [0, 0.1) is 6.92 Å². The first-order valence-corrected chi connectivity index (χ1v) is 11.9. The molecule has 1 fully saturated rings. The average Bonchev–Trinajstić information content (AvgIpc) is 3.16. The van der Waals surface area contributed by atoms with Crippen molar-refractivity contribution in [2.45, 2.75) is 17.9 Å². The topological polar surface area (TPSA) is 105 Å². The van der Waals surface area contributed by atoms with Crippen LogP contribution in [0.5, 0.6) is 0 Å². The highest BCUT2D eigenvalue weighted by Gasteiger charge is 2.30. The molecule has 0 bridgehead atoms. The first-order chi connectivity index (χ1) is 15.8. The van der Waals surface area contributed by atoms with E-state index in [-0.39, 0.29) is 10.9 Å². The molecule has 2 N–H and O–H groups in total. The smallest absolute Gasteiger partial charge is 0.405 e. The van der Waals surface area contributed by atoms with Crippen LogP contribution in [-0.4, -0.2) is 47.7 Å². The molecule has 2 aromatic carbocycles. The van der Waals surface area contributed by atoms with E-state index in [2.05, 4.69) is 10.3 Å². The Bertz CT molecular complexity index is 1440. The van der Waals surface area contributed by atoms with E-state index in [0.29, 0.717) is 24.1 Å². The monoisotopic (exact) mass is 462 g/mol. The summed E-state index contributed by atoms with van der Waals surface area (Å²) in [6.07, 6.45) is 2.21. The minimum absolute atomic E-state index is 0.140. The van der Waals surface area contributed by atoms with Crippen LogP contribution >= 0.6 is 0 Å².